The summed E-state index contributed by atoms with van der Waals surface area (Å²) in [5, 5.41) is 13.4. The van der Waals surface area contributed by atoms with Gasteiger partial charge in [0.1, 0.15) is 5.82 Å². The largest absolute Gasteiger partial charge is 0.369 e. The van der Waals surface area contributed by atoms with E-state index in [0.29, 0.717) is 0 Å². The van der Waals surface area contributed by atoms with Crippen LogP contribution in [-0.2, 0) is 5.41 Å². The van der Waals surface area contributed by atoms with Gasteiger partial charge in [-0.1, -0.05) is 11.6 Å². The van der Waals surface area contributed by atoms with Crippen LogP contribution in [0.4, 0.5) is 5.82 Å². The van der Waals surface area contributed by atoms with Gasteiger partial charge in [0.15, 0.2) is 0 Å². The molecule has 2 aliphatic rings. The number of halogens is 2. The summed E-state index contributed by atoms with van der Waals surface area (Å²) >= 11 is 9.87. The van der Waals surface area contributed by atoms with Crippen LogP contribution in [-0.4, -0.2) is 11.5 Å². The number of anilines is 1. The molecule has 1 aromatic rings. The Balaban J connectivity index is 2.11. The first-order valence-corrected chi connectivity index (χ1v) is 7.16. The molecule has 1 aliphatic heterocycles. The minimum Gasteiger partial charge on any atom is -0.369 e. The predicted molar refractivity (Wildman–Crippen MR) is 74.7 cm³/mol. The first-order valence-electron chi connectivity index (χ1n) is 5.99. The summed E-state index contributed by atoms with van der Waals surface area (Å²) in [5.74, 6) is 0.880. The number of rotatable bonds is 0. The molecule has 2 atom stereocenters. The maximum absolute atomic E-state index is 9.31. The third kappa shape index (κ3) is 1.57. The second-order valence-electron chi connectivity index (χ2n) is 5.63. The van der Waals surface area contributed by atoms with Crippen molar-refractivity contribution in [3.05, 3.63) is 21.3 Å². The second-order valence-corrected chi connectivity index (χ2v) is 6.86. The Labute approximate surface area is 120 Å². The van der Waals surface area contributed by atoms with Crippen molar-refractivity contribution in [1.29, 1.82) is 5.26 Å². The predicted octanol–water partition coefficient (Wildman–Crippen LogP) is 3.87. The zero-order valence-electron chi connectivity index (χ0n) is 10.1. The van der Waals surface area contributed by atoms with E-state index >= 15 is 0 Å². The van der Waals surface area contributed by atoms with E-state index < -0.39 is 0 Å². The molecule has 3 nitrogen and oxygen atoms in total. The molecule has 1 N–H and O–H groups in total. The molecule has 1 aromatic heterocycles. The third-order valence-electron chi connectivity index (χ3n) is 4.25. The van der Waals surface area contributed by atoms with Gasteiger partial charge in [-0.05, 0) is 42.1 Å². The van der Waals surface area contributed by atoms with Crippen LogP contribution in [0.5, 0.6) is 0 Å². The van der Waals surface area contributed by atoms with Crippen molar-refractivity contribution in [2.75, 3.05) is 11.9 Å². The fraction of sp³-hybridized carbons (Fsp3) is 0.538. The summed E-state index contributed by atoms with van der Waals surface area (Å²) in [6.45, 7) is 2.88. The lowest BCUT2D eigenvalue weighted by atomic mass is 9.78. The van der Waals surface area contributed by atoms with Gasteiger partial charge in [-0.25, -0.2) is 4.98 Å². The van der Waals surface area contributed by atoms with E-state index in [-0.39, 0.29) is 10.8 Å². The van der Waals surface area contributed by atoms with Crippen LogP contribution in [0.2, 0.25) is 5.02 Å². The standard InChI is InChI=1S/C13H13BrClN3/c1-12(6-16)2-3-13(5-12)7-18-11-9(13)10(15)8(14)4-17-11/h4H,2-3,5,7H2,1H3,(H,17,18)/t12-,13-/m0/s1. The highest BCUT2D eigenvalue weighted by Crippen LogP contribution is 2.56. The van der Waals surface area contributed by atoms with Crippen molar-refractivity contribution in [1.82, 2.24) is 4.98 Å². The molecule has 0 unspecified atom stereocenters. The van der Waals surface area contributed by atoms with Crippen LogP contribution < -0.4 is 5.32 Å². The van der Waals surface area contributed by atoms with E-state index in [0.717, 1.165) is 46.7 Å². The number of pyridine rings is 1. The molecule has 1 aliphatic carbocycles. The maximum atomic E-state index is 9.31. The van der Waals surface area contributed by atoms with Crippen LogP contribution >= 0.6 is 27.5 Å². The SMILES string of the molecule is C[C@]1(C#N)CC[C@@]2(CNc3ncc(Br)c(Cl)c32)C1. The molecule has 3 rings (SSSR count). The molecule has 0 bridgehead atoms. The molecule has 0 aromatic carbocycles. The molecule has 1 spiro atoms. The molecule has 5 heteroatoms. The van der Waals surface area contributed by atoms with Gasteiger partial charge < -0.3 is 5.32 Å². The Morgan fingerprint density at radius 3 is 3.00 bits per heavy atom. The van der Waals surface area contributed by atoms with Gasteiger partial charge in [-0.15, -0.1) is 0 Å². The average Bonchev–Trinajstić information content (AvgIpc) is 2.88. The molecule has 18 heavy (non-hydrogen) atoms. The number of hydrogen-bond donors (Lipinski definition) is 1. The highest BCUT2D eigenvalue weighted by Gasteiger charge is 2.51. The normalized spacial score (nSPS) is 33.2. The van der Waals surface area contributed by atoms with Crippen molar-refractivity contribution in [2.45, 2.75) is 31.6 Å². The average molecular weight is 327 g/mol. The highest BCUT2D eigenvalue weighted by atomic mass is 79.9. The van der Waals surface area contributed by atoms with Crippen LogP contribution in [0, 0.1) is 16.7 Å². The molecule has 0 amide bonds. The van der Waals surface area contributed by atoms with E-state index in [1.807, 2.05) is 6.92 Å². The lowest BCUT2D eigenvalue weighted by molar-refractivity contribution is 0.404. The number of nitrogens with one attached hydrogen (secondary N) is 1. The quantitative estimate of drug-likeness (QED) is 0.787. The first kappa shape index (κ1) is 12.3. The summed E-state index contributed by atoms with van der Waals surface area (Å²) < 4.78 is 0.830. The Kier molecular flexibility index (Phi) is 2.62. The summed E-state index contributed by atoms with van der Waals surface area (Å²) in [4.78, 5) is 4.39. The van der Waals surface area contributed by atoms with Crippen LogP contribution in [0.3, 0.4) is 0 Å². The molecule has 0 radical (unpaired) electrons. The maximum Gasteiger partial charge on any atom is 0.131 e. The van der Waals surface area contributed by atoms with Gasteiger partial charge in [-0.2, -0.15) is 5.26 Å². The first-order chi connectivity index (χ1) is 8.50. The van der Waals surface area contributed by atoms with Crippen LogP contribution in [0.25, 0.3) is 0 Å². The van der Waals surface area contributed by atoms with Crippen molar-refractivity contribution in [3.63, 3.8) is 0 Å². The number of aromatic nitrogens is 1. The summed E-state index contributed by atoms with van der Waals surface area (Å²) in [6, 6.07) is 2.45. The molecule has 1 saturated carbocycles. The van der Waals surface area contributed by atoms with E-state index in [2.05, 4.69) is 32.3 Å². The van der Waals surface area contributed by atoms with Crippen molar-refractivity contribution >= 4 is 33.3 Å². The van der Waals surface area contributed by atoms with Gasteiger partial charge in [0.05, 0.1) is 21.0 Å². The van der Waals surface area contributed by atoms with Crippen molar-refractivity contribution in [3.8, 4) is 6.07 Å². The molecule has 1 fully saturated rings. The fourth-order valence-corrected chi connectivity index (χ4v) is 3.96. The number of hydrogen-bond acceptors (Lipinski definition) is 3. The molecule has 0 saturated heterocycles. The fourth-order valence-electron chi connectivity index (χ4n) is 3.32. The molecule has 2 heterocycles. The summed E-state index contributed by atoms with van der Waals surface area (Å²) in [7, 11) is 0. The number of fused-ring (bicyclic) bond motifs is 2. The van der Waals surface area contributed by atoms with Gasteiger partial charge >= 0.3 is 0 Å². The van der Waals surface area contributed by atoms with Crippen molar-refractivity contribution < 1.29 is 0 Å². The molecular weight excluding hydrogens is 314 g/mol. The molecule has 94 valence electrons. The lowest BCUT2D eigenvalue weighted by Gasteiger charge is -2.25. The monoisotopic (exact) mass is 325 g/mol. The Morgan fingerprint density at radius 2 is 2.33 bits per heavy atom. The van der Waals surface area contributed by atoms with E-state index in [1.165, 1.54) is 0 Å². The Morgan fingerprint density at radius 1 is 1.56 bits per heavy atom. The number of nitriles is 1. The van der Waals surface area contributed by atoms with Crippen molar-refractivity contribution in [2.24, 2.45) is 5.41 Å². The van der Waals surface area contributed by atoms with E-state index in [1.54, 1.807) is 6.20 Å². The zero-order valence-corrected chi connectivity index (χ0v) is 12.4. The minimum atomic E-state index is -0.241. The van der Waals surface area contributed by atoms with E-state index in [9.17, 15) is 5.26 Å². The Bertz CT molecular complexity index is 568. The third-order valence-corrected chi connectivity index (χ3v) is 5.47. The summed E-state index contributed by atoms with van der Waals surface area (Å²) in [5.41, 5.74) is 0.834. The topological polar surface area (TPSA) is 48.7 Å². The molecular formula is C13H13BrClN3. The zero-order chi connectivity index (χ0) is 13.0. The van der Waals surface area contributed by atoms with Gasteiger partial charge in [-0.3, -0.25) is 0 Å². The summed E-state index contributed by atoms with van der Waals surface area (Å²) in [6.07, 6.45) is 4.50. The van der Waals surface area contributed by atoms with Gasteiger partial charge in [0.25, 0.3) is 0 Å². The van der Waals surface area contributed by atoms with Gasteiger partial charge in [0, 0.05) is 23.7 Å². The second kappa shape index (κ2) is 3.85. The van der Waals surface area contributed by atoms with E-state index in [4.69, 9.17) is 11.6 Å². The van der Waals surface area contributed by atoms with Crippen LogP contribution in [0.1, 0.15) is 31.7 Å². The number of nitrogens with zero attached hydrogens (tertiary/aromatic N) is 2. The minimum absolute atomic E-state index is 0.0202. The Hall–Kier alpha value is -0.790. The highest BCUT2D eigenvalue weighted by molar-refractivity contribution is 9.10. The smallest absolute Gasteiger partial charge is 0.131 e. The lowest BCUT2D eigenvalue weighted by Crippen LogP contribution is -2.27. The van der Waals surface area contributed by atoms with Gasteiger partial charge in [0.2, 0.25) is 0 Å². The van der Waals surface area contributed by atoms with Crippen LogP contribution in [0.15, 0.2) is 10.7 Å².